The predicted molar refractivity (Wildman–Crippen MR) is 73.7 cm³/mol. The van der Waals surface area contributed by atoms with Crippen LogP contribution in [-0.4, -0.2) is 20.9 Å². The molecule has 7 heteroatoms. The fraction of sp³-hybridized carbons (Fsp3) is 0.769. The summed E-state index contributed by atoms with van der Waals surface area (Å²) in [6.07, 6.45) is 9.03. The maximum atomic E-state index is 11.4. The topological polar surface area (TPSA) is 86.3 Å². The van der Waals surface area contributed by atoms with E-state index in [2.05, 4.69) is 11.6 Å². The van der Waals surface area contributed by atoms with Crippen LogP contribution in [0.5, 0.6) is 0 Å². The minimum atomic E-state index is -3.50. The molecule has 0 saturated carbocycles. The molecule has 0 aliphatic heterocycles. The Morgan fingerprint density at radius 1 is 1.15 bits per heavy atom. The Labute approximate surface area is 165 Å². The van der Waals surface area contributed by atoms with Crippen LogP contribution in [0, 0.1) is 0 Å². The number of allylic oxidation sites excluding steroid dienone is 1. The minimum Gasteiger partial charge on any atom is -0.550 e. The molecule has 0 aliphatic carbocycles. The summed E-state index contributed by atoms with van der Waals surface area (Å²) in [5, 5.41) is 11.2. The van der Waals surface area contributed by atoms with Crippen LogP contribution in [0.2, 0.25) is 0 Å². The zero-order valence-corrected chi connectivity index (χ0v) is 16.5. The van der Waals surface area contributed by atoms with Crippen molar-refractivity contribution < 1.29 is 69.7 Å². The minimum absolute atomic E-state index is 0. The number of hydrogen-bond acceptors (Lipinski definition) is 4. The molecule has 0 fully saturated rings. The molecule has 0 heterocycles. The van der Waals surface area contributed by atoms with Crippen LogP contribution in [0.25, 0.3) is 0 Å². The Bertz CT molecular complexity index is 369. The summed E-state index contributed by atoms with van der Waals surface area (Å²) in [5.74, 6) is -1.27. The van der Waals surface area contributed by atoms with Crippen molar-refractivity contribution in [2.45, 2.75) is 58.3 Å². The van der Waals surface area contributed by atoms with E-state index in [9.17, 15) is 18.3 Å². The van der Waals surface area contributed by atoms with Crippen molar-refractivity contribution in [3.8, 4) is 0 Å². The van der Waals surface area contributed by atoms with Crippen molar-refractivity contribution in [3.63, 3.8) is 0 Å². The molecule has 0 aromatic carbocycles. The number of aliphatic carboxylic acids is 1. The Morgan fingerprint density at radius 3 is 2.35 bits per heavy atom. The molecule has 0 atom stereocenters. The van der Waals surface area contributed by atoms with Crippen LogP contribution in [0.1, 0.15) is 58.3 Å². The second-order valence-electron chi connectivity index (χ2n) is 4.49. The molecular weight excluding hydrogens is 305 g/mol. The molecule has 1 N–H and O–H groups in total. The number of sulfonamides is 1. The summed E-state index contributed by atoms with van der Waals surface area (Å²) < 4.78 is 24.9. The van der Waals surface area contributed by atoms with Crippen molar-refractivity contribution in [1.82, 2.24) is 4.72 Å². The standard InChI is InChI=1S/C13H25NO4S.K/c1-2-3-4-5-6-7-8-9-12-19(17,18)14-11-10-13(15)16;/h9,12,14H,2-8,10-11H2,1H3,(H,15,16);/q;+1/p-1/b12-9+;. The van der Waals surface area contributed by atoms with E-state index >= 15 is 0 Å². The third-order valence-electron chi connectivity index (χ3n) is 2.63. The maximum absolute atomic E-state index is 11.4. The van der Waals surface area contributed by atoms with E-state index < -0.39 is 16.0 Å². The fourth-order valence-electron chi connectivity index (χ4n) is 1.58. The first-order chi connectivity index (χ1) is 8.98. The molecule has 0 rings (SSSR count). The van der Waals surface area contributed by atoms with Gasteiger partial charge in [-0.2, -0.15) is 0 Å². The average Bonchev–Trinajstić information content (AvgIpc) is 2.31. The van der Waals surface area contributed by atoms with E-state index in [0.717, 1.165) is 24.7 Å². The Kier molecular flexibility index (Phi) is 16.9. The molecule has 5 nitrogen and oxygen atoms in total. The van der Waals surface area contributed by atoms with Gasteiger partial charge in [0.1, 0.15) is 0 Å². The number of carboxylic acids is 1. The van der Waals surface area contributed by atoms with Gasteiger partial charge in [-0.3, -0.25) is 0 Å². The van der Waals surface area contributed by atoms with Gasteiger partial charge in [0.25, 0.3) is 0 Å². The third-order valence-corrected chi connectivity index (χ3v) is 3.79. The van der Waals surface area contributed by atoms with Crippen LogP contribution < -0.4 is 61.2 Å². The molecule has 0 aliphatic rings. The number of nitrogens with one attached hydrogen (secondary N) is 1. The molecule has 0 aromatic heterocycles. The fourth-order valence-corrected chi connectivity index (χ4v) is 2.45. The van der Waals surface area contributed by atoms with E-state index in [0.29, 0.717) is 0 Å². The smallest absolute Gasteiger partial charge is 0.550 e. The summed E-state index contributed by atoms with van der Waals surface area (Å²) >= 11 is 0. The Morgan fingerprint density at radius 2 is 1.75 bits per heavy atom. The number of carbonyl (C=O) groups excluding carboxylic acids is 1. The zero-order chi connectivity index (χ0) is 14.6. The monoisotopic (exact) mass is 329 g/mol. The van der Waals surface area contributed by atoms with Gasteiger partial charge >= 0.3 is 51.4 Å². The van der Waals surface area contributed by atoms with E-state index in [-0.39, 0.29) is 64.4 Å². The van der Waals surface area contributed by atoms with Gasteiger partial charge in [0.05, 0.1) is 0 Å². The van der Waals surface area contributed by atoms with Crippen molar-refractivity contribution in [1.29, 1.82) is 0 Å². The average molecular weight is 330 g/mol. The molecule has 0 radical (unpaired) electrons. The second-order valence-corrected chi connectivity index (χ2v) is 6.14. The third kappa shape index (κ3) is 16.8. The molecular formula is C13H24KNO4S. The van der Waals surface area contributed by atoms with Gasteiger partial charge in [0.15, 0.2) is 0 Å². The van der Waals surface area contributed by atoms with E-state index in [1.165, 1.54) is 25.7 Å². The normalized spacial score (nSPS) is 11.4. The number of hydrogen-bond donors (Lipinski definition) is 1. The molecule has 0 spiro atoms. The first-order valence-corrected chi connectivity index (χ1v) is 8.38. The molecule has 0 saturated heterocycles. The summed E-state index contributed by atoms with van der Waals surface area (Å²) in [5.41, 5.74) is 0. The van der Waals surface area contributed by atoms with Gasteiger partial charge in [-0.25, -0.2) is 13.1 Å². The largest absolute Gasteiger partial charge is 1.00 e. The van der Waals surface area contributed by atoms with Crippen molar-refractivity contribution in [2.75, 3.05) is 6.54 Å². The van der Waals surface area contributed by atoms with Gasteiger partial charge in [0.2, 0.25) is 10.0 Å². The maximum Gasteiger partial charge on any atom is 1.00 e. The van der Waals surface area contributed by atoms with Crippen LogP contribution in [0.3, 0.4) is 0 Å². The molecule has 0 bridgehead atoms. The number of carboxylic acid groups (broad SMARTS) is 1. The van der Waals surface area contributed by atoms with E-state index in [1.54, 1.807) is 6.08 Å². The van der Waals surface area contributed by atoms with Crippen LogP contribution in [0.4, 0.5) is 0 Å². The van der Waals surface area contributed by atoms with Crippen molar-refractivity contribution >= 4 is 16.0 Å². The second kappa shape index (κ2) is 14.7. The molecule has 20 heavy (non-hydrogen) atoms. The number of carbonyl (C=O) groups is 1. The summed E-state index contributed by atoms with van der Waals surface area (Å²) in [6, 6.07) is 0. The van der Waals surface area contributed by atoms with Crippen molar-refractivity contribution in [3.05, 3.63) is 11.5 Å². The quantitative estimate of drug-likeness (QED) is 0.342. The Balaban J connectivity index is 0. The van der Waals surface area contributed by atoms with Gasteiger partial charge in [0, 0.05) is 24.3 Å². The van der Waals surface area contributed by atoms with Crippen molar-refractivity contribution in [2.24, 2.45) is 0 Å². The Hall–Kier alpha value is 0.756. The van der Waals surface area contributed by atoms with Gasteiger partial charge in [-0.05, 0) is 12.8 Å². The molecule has 0 unspecified atom stereocenters. The van der Waals surface area contributed by atoms with Gasteiger partial charge < -0.3 is 9.90 Å². The van der Waals surface area contributed by atoms with Gasteiger partial charge in [-0.1, -0.05) is 45.1 Å². The number of rotatable bonds is 12. The molecule has 0 aromatic rings. The van der Waals surface area contributed by atoms with Crippen LogP contribution in [0.15, 0.2) is 11.5 Å². The van der Waals surface area contributed by atoms with Crippen LogP contribution in [-0.2, 0) is 14.8 Å². The van der Waals surface area contributed by atoms with E-state index in [1.807, 2.05) is 0 Å². The predicted octanol–water partition coefficient (Wildman–Crippen LogP) is -1.69. The summed E-state index contributed by atoms with van der Waals surface area (Å²) in [6.45, 7) is 2.03. The van der Waals surface area contributed by atoms with E-state index in [4.69, 9.17) is 0 Å². The zero-order valence-electron chi connectivity index (χ0n) is 12.6. The van der Waals surface area contributed by atoms with Crippen LogP contribution >= 0.6 is 0 Å². The first kappa shape index (κ1) is 23.0. The number of unbranched alkanes of at least 4 members (excludes halogenated alkanes) is 6. The summed E-state index contributed by atoms with van der Waals surface area (Å²) in [4.78, 5) is 10.1. The first-order valence-electron chi connectivity index (χ1n) is 6.84. The SMILES string of the molecule is CCCCCCCC/C=C/S(=O)(=O)NCCC(=O)[O-].[K+]. The molecule has 112 valence electrons. The molecule has 0 amide bonds. The summed E-state index contributed by atoms with van der Waals surface area (Å²) in [7, 11) is -3.50. The van der Waals surface area contributed by atoms with Gasteiger partial charge in [-0.15, -0.1) is 0 Å².